The molecule has 2 aromatic heterocycles. The number of rotatable bonds is 6. The summed E-state index contributed by atoms with van der Waals surface area (Å²) >= 11 is 0. The van der Waals surface area contributed by atoms with Gasteiger partial charge in [-0.2, -0.15) is 0 Å². The van der Waals surface area contributed by atoms with Crippen LogP contribution in [0.25, 0.3) is 11.4 Å². The number of carbonyl (C=O) groups excluding carboxylic acids is 1. The molecule has 24 heavy (non-hydrogen) atoms. The maximum Gasteiger partial charge on any atom is 0.222 e. The quantitative estimate of drug-likeness (QED) is 0.820. The molecule has 7 heteroatoms. The number of carbonyl (C=O) groups is 1. The van der Waals surface area contributed by atoms with Gasteiger partial charge in [0.25, 0.3) is 0 Å². The fourth-order valence-corrected chi connectivity index (χ4v) is 2.96. The van der Waals surface area contributed by atoms with E-state index in [0.717, 1.165) is 60.9 Å². The number of aromatic nitrogens is 3. The molecule has 3 rings (SSSR count). The number of likely N-dealkylation sites (tertiary alicyclic amines) is 1. The smallest absolute Gasteiger partial charge is 0.222 e. The molecule has 128 valence electrons. The Morgan fingerprint density at radius 3 is 2.83 bits per heavy atom. The van der Waals surface area contributed by atoms with Gasteiger partial charge >= 0.3 is 0 Å². The molecule has 2 aromatic rings. The monoisotopic (exact) mass is 329 g/mol. The van der Waals surface area contributed by atoms with Gasteiger partial charge in [0.05, 0.1) is 11.3 Å². The van der Waals surface area contributed by atoms with Gasteiger partial charge in [0.15, 0.2) is 5.82 Å². The van der Waals surface area contributed by atoms with Crippen molar-refractivity contribution in [2.75, 3.05) is 25.0 Å². The lowest BCUT2D eigenvalue weighted by molar-refractivity contribution is -0.127. The van der Waals surface area contributed by atoms with Crippen molar-refractivity contribution in [2.45, 2.75) is 40.0 Å². The topological polar surface area (TPSA) is 84.2 Å². The number of hydrogen-bond acceptors (Lipinski definition) is 6. The Labute approximate surface area is 141 Å². The summed E-state index contributed by atoms with van der Waals surface area (Å²) in [5.41, 5.74) is 2.62. The van der Waals surface area contributed by atoms with Gasteiger partial charge in [0, 0.05) is 37.8 Å². The van der Waals surface area contributed by atoms with Crippen molar-refractivity contribution in [3.8, 4) is 11.4 Å². The van der Waals surface area contributed by atoms with Crippen LogP contribution in [0.1, 0.15) is 36.3 Å². The van der Waals surface area contributed by atoms with Crippen molar-refractivity contribution in [3.63, 3.8) is 0 Å². The standard InChI is InChI=1S/C17H23N5O2/c1-11-10-19-17(15-12(2)21-24-13(15)3)20-16(11)18-7-5-9-22-8-4-6-14(22)23/h10H,4-9H2,1-3H3,(H,18,19,20). The minimum atomic E-state index is 0.272. The summed E-state index contributed by atoms with van der Waals surface area (Å²) in [6.07, 6.45) is 4.38. The second-order valence-corrected chi connectivity index (χ2v) is 6.19. The van der Waals surface area contributed by atoms with Gasteiger partial charge in [-0.25, -0.2) is 9.97 Å². The zero-order valence-corrected chi connectivity index (χ0v) is 14.4. The number of nitrogens with zero attached hydrogens (tertiary/aromatic N) is 4. The lowest BCUT2D eigenvalue weighted by Gasteiger charge is -2.16. The summed E-state index contributed by atoms with van der Waals surface area (Å²) in [4.78, 5) is 22.6. The highest BCUT2D eigenvalue weighted by Gasteiger charge is 2.19. The number of nitrogens with one attached hydrogen (secondary N) is 1. The Morgan fingerprint density at radius 1 is 1.33 bits per heavy atom. The van der Waals surface area contributed by atoms with Crippen LogP contribution in [0.2, 0.25) is 0 Å². The van der Waals surface area contributed by atoms with Crippen molar-refractivity contribution in [3.05, 3.63) is 23.2 Å². The fraction of sp³-hybridized carbons (Fsp3) is 0.529. The average molecular weight is 329 g/mol. The molecule has 1 N–H and O–H groups in total. The number of hydrogen-bond donors (Lipinski definition) is 1. The zero-order chi connectivity index (χ0) is 17.1. The van der Waals surface area contributed by atoms with Crippen LogP contribution in [-0.2, 0) is 4.79 Å². The Hall–Kier alpha value is -2.44. The number of amides is 1. The third-order valence-electron chi connectivity index (χ3n) is 4.30. The first-order chi connectivity index (χ1) is 11.6. The van der Waals surface area contributed by atoms with Crippen molar-refractivity contribution in [1.82, 2.24) is 20.0 Å². The Kier molecular flexibility index (Phi) is 4.78. The van der Waals surface area contributed by atoms with E-state index in [9.17, 15) is 4.79 Å². The first-order valence-electron chi connectivity index (χ1n) is 8.35. The van der Waals surface area contributed by atoms with Crippen LogP contribution in [-0.4, -0.2) is 45.6 Å². The molecule has 1 aliphatic heterocycles. The SMILES string of the molecule is Cc1cnc(-c2c(C)noc2C)nc1NCCCN1CCCC1=O. The van der Waals surface area contributed by atoms with Crippen LogP contribution in [0, 0.1) is 20.8 Å². The molecule has 0 aromatic carbocycles. The minimum Gasteiger partial charge on any atom is -0.370 e. The first kappa shape index (κ1) is 16.4. The average Bonchev–Trinajstić information content (AvgIpc) is 3.11. The molecule has 1 amide bonds. The van der Waals surface area contributed by atoms with Crippen molar-refractivity contribution >= 4 is 11.7 Å². The third-order valence-corrected chi connectivity index (χ3v) is 4.30. The van der Waals surface area contributed by atoms with E-state index in [1.54, 1.807) is 6.20 Å². The Bertz CT molecular complexity index is 721. The predicted octanol–water partition coefficient (Wildman–Crippen LogP) is 2.48. The van der Waals surface area contributed by atoms with E-state index in [-0.39, 0.29) is 5.91 Å². The molecule has 0 spiro atoms. The van der Waals surface area contributed by atoms with Crippen molar-refractivity contribution in [2.24, 2.45) is 0 Å². The van der Waals surface area contributed by atoms with Crippen LogP contribution in [0.15, 0.2) is 10.7 Å². The molecular weight excluding hydrogens is 306 g/mol. The van der Waals surface area contributed by atoms with E-state index in [1.165, 1.54) is 0 Å². The normalized spacial score (nSPS) is 14.5. The van der Waals surface area contributed by atoms with E-state index in [0.29, 0.717) is 12.2 Å². The van der Waals surface area contributed by atoms with Gasteiger partial charge in [0.1, 0.15) is 11.6 Å². The van der Waals surface area contributed by atoms with Crippen LogP contribution in [0.4, 0.5) is 5.82 Å². The second kappa shape index (κ2) is 6.98. The minimum absolute atomic E-state index is 0.272. The summed E-state index contributed by atoms with van der Waals surface area (Å²) < 4.78 is 5.20. The van der Waals surface area contributed by atoms with Crippen molar-refractivity contribution in [1.29, 1.82) is 0 Å². The highest BCUT2D eigenvalue weighted by Crippen LogP contribution is 2.25. The summed E-state index contributed by atoms with van der Waals surface area (Å²) in [5, 5.41) is 7.31. The lowest BCUT2D eigenvalue weighted by Crippen LogP contribution is -2.27. The lowest BCUT2D eigenvalue weighted by atomic mass is 10.2. The summed E-state index contributed by atoms with van der Waals surface area (Å²) in [6, 6.07) is 0. The molecule has 0 aliphatic carbocycles. The predicted molar refractivity (Wildman–Crippen MR) is 90.7 cm³/mol. The molecule has 0 saturated carbocycles. The molecule has 0 radical (unpaired) electrons. The molecule has 1 saturated heterocycles. The van der Waals surface area contributed by atoms with Gasteiger partial charge in [-0.05, 0) is 33.6 Å². The van der Waals surface area contributed by atoms with E-state index in [1.807, 2.05) is 25.7 Å². The van der Waals surface area contributed by atoms with Crippen LogP contribution in [0.3, 0.4) is 0 Å². The molecule has 7 nitrogen and oxygen atoms in total. The third kappa shape index (κ3) is 3.39. The van der Waals surface area contributed by atoms with Crippen molar-refractivity contribution < 1.29 is 9.32 Å². The zero-order valence-electron chi connectivity index (χ0n) is 14.4. The number of aryl methyl sites for hydroxylation is 3. The van der Waals surface area contributed by atoms with Gasteiger partial charge in [-0.3, -0.25) is 4.79 Å². The highest BCUT2D eigenvalue weighted by molar-refractivity contribution is 5.78. The maximum atomic E-state index is 11.6. The van der Waals surface area contributed by atoms with Gasteiger partial charge in [-0.1, -0.05) is 5.16 Å². The molecule has 1 aliphatic rings. The molecule has 0 unspecified atom stereocenters. The van der Waals surface area contributed by atoms with Gasteiger partial charge in [0.2, 0.25) is 5.91 Å². The Balaban J connectivity index is 1.63. The summed E-state index contributed by atoms with van der Waals surface area (Å²) in [6.45, 7) is 8.17. The highest BCUT2D eigenvalue weighted by atomic mass is 16.5. The van der Waals surface area contributed by atoms with Crippen LogP contribution in [0.5, 0.6) is 0 Å². The van der Waals surface area contributed by atoms with Crippen LogP contribution < -0.4 is 5.32 Å². The molecule has 0 bridgehead atoms. The number of anilines is 1. The fourth-order valence-electron chi connectivity index (χ4n) is 2.96. The Morgan fingerprint density at radius 2 is 2.17 bits per heavy atom. The van der Waals surface area contributed by atoms with E-state index in [4.69, 9.17) is 4.52 Å². The van der Waals surface area contributed by atoms with Gasteiger partial charge < -0.3 is 14.7 Å². The summed E-state index contributed by atoms with van der Waals surface area (Å²) in [5.74, 6) is 2.42. The molecule has 0 atom stereocenters. The van der Waals surface area contributed by atoms with Crippen LogP contribution >= 0.6 is 0 Å². The van der Waals surface area contributed by atoms with E-state index >= 15 is 0 Å². The van der Waals surface area contributed by atoms with E-state index in [2.05, 4.69) is 20.4 Å². The van der Waals surface area contributed by atoms with Gasteiger partial charge in [-0.15, -0.1) is 0 Å². The van der Waals surface area contributed by atoms with E-state index < -0.39 is 0 Å². The molecule has 1 fully saturated rings. The second-order valence-electron chi connectivity index (χ2n) is 6.19. The molecule has 3 heterocycles. The molecular formula is C17H23N5O2. The first-order valence-corrected chi connectivity index (χ1v) is 8.35. The summed E-state index contributed by atoms with van der Waals surface area (Å²) in [7, 11) is 0. The maximum absolute atomic E-state index is 11.6. The largest absolute Gasteiger partial charge is 0.370 e.